The molecule has 0 aromatic heterocycles. The molecule has 1 atom stereocenters. The number of hydrogen-bond acceptors (Lipinski definition) is 3. The SMILES string of the molecule is CC(CCN)CNC(=O)c1ccc2c(c1)COC2. The van der Waals surface area contributed by atoms with Crippen LogP contribution in [0.4, 0.5) is 0 Å². The molecule has 0 saturated carbocycles. The lowest BCUT2D eigenvalue weighted by Gasteiger charge is -2.11. The molecule has 4 heteroatoms. The van der Waals surface area contributed by atoms with Crippen molar-refractivity contribution in [3.63, 3.8) is 0 Å². The van der Waals surface area contributed by atoms with Crippen LogP contribution in [-0.2, 0) is 18.0 Å². The Kier molecular flexibility index (Phi) is 4.33. The maximum atomic E-state index is 12.0. The summed E-state index contributed by atoms with van der Waals surface area (Å²) in [4.78, 5) is 12.0. The standard InChI is InChI=1S/C14H20N2O2/c1-10(4-5-15)7-16-14(17)11-2-3-12-8-18-9-13(12)6-11/h2-3,6,10H,4-5,7-9,15H2,1H3,(H,16,17). The van der Waals surface area contributed by atoms with E-state index in [4.69, 9.17) is 10.5 Å². The van der Waals surface area contributed by atoms with E-state index in [9.17, 15) is 4.79 Å². The lowest BCUT2D eigenvalue weighted by atomic mass is 10.1. The molecular weight excluding hydrogens is 228 g/mol. The Balaban J connectivity index is 1.93. The van der Waals surface area contributed by atoms with Gasteiger partial charge in [0.1, 0.15) is 0 Å². The van der Waals surface area contributed by atoms with Crippen molar-refractivity contribution in [3.8, 4) is 0 Å². The maximum Gasteiger partial charge on any atom is 0.251 e. The highest BCUT2D eigenvalue weighted by molar-refractivity contribution is 5.94. The second-order valence-electron chi connectivity index (χ2n) is 4.87. The summed E-state index contributed by atoms with van der Waals surface area (Å²) >= 11 is 0. The molecule has 3 N–H and O–H groups in total. The van der Waals surface area contributed by atoms with Gasteiger partial charge >= 0.3 is 0 Å². The highest BCUT2D eigenvalue weighted by Crippen LogP contribution is 2.20. The Morgan fingerprint density at radius 2 is 2.22 bits per heavy atom. The quantitative estimate of drug-likeness (QED) is 0.828. The van der Waals surface area contributed by atoms with Crippen LogP contribution in [0.5, 0.6) is 0 Å². The number of carbonyl (C=O) groups is 1. The molecule has 0 aliphatic carbocycles. The molecule has 1 unspecified atom stereocenters. The van der Waals surface area contributed by atoms with Crippen LogP contribution in [0.25, 0.3) is 0 Å². The Hall–Kier alpha value is -1.39. The summed E-state index contributed by atoms with van der Waals surface area (Å²) < 4.78 is 5.33. The van der Waals surface area contributed by atoms with Crippen molar-refractivity contribution in [1.29, 1.82) is 0 Å². The van der Waals surface area contributed by atoms with Gasteiger partial charge in [-0.25, -0.2) is 0 Å². The average Bonchev–Trinajstić information content (AvgIpc) is 2.83. The van der Waals surface area contributed by atoms with Gasteiger partial charge in [0.25, 0.3) is 5.91 Å². The van der Waals surface area contributed by atoms with Gasteiger partial charge in [-0.2, -0.15) is 0 Å². The van der Waals surface area contributed by atoms with Crippen LogP contribution in [0.15, 0.2) is 18.2 Å². The summed E-state index contributed by atoms with van der Waals surface area (Å²) in [5.41, 5.74) is 8.50. The summed E-state index contributed by atoms with van der Waals surface area (Å²) in [6.07, 6.45) is 0.929. The molecule has 0 saturated heterocycles. The van der Waals surface area contributed by atoms with Gasteiger partial charge in [-0.1, -0.05) is 13.0 Å². The van der Waals surface area contributed by atoms with Crippen LogP contribution in [0, 0.1) is 5.92 Å². The molecule has 1 heterocycles. The predicted molar refractivity (Wildman–Crippen MR) is 70.1 cm³/mol. The zero-order valence-electron chi connectivity index (χ0n) is 10.7. The van der Waals surface area contributed by atoms with Gasteiger partial charge in [-0.05, 0) is 42.1 Å². The van der Waals surface area contributed by atoms with Crippen molar-refractivity contribution in [1.82, 2.24) is 5.32 Å². The molecule has 1 aromatic rings. The molecular formula is C14H20N2O2. The van der Waals surface area contributed by atoms with Gasteiger partial charge in [-0.15, -0.1) is 0 Å². The monoisotopic (exact) mass is 248 g/mol. The number of rotatable bonds is 5. The second kappa shape index (κ2) is 5.98. The molecule has 2 rings (SSSR count). The molecule has 1 aliphatic rings. The van der Waals surface area contributed by atoms with Crippen molar-refractivity contribution in [3.05, 3.63) is 34.9 Å². The number of hydrogen-bond donors (Lipinski definition) is 2. The minimum atomic E-state index is -0.0198. The van der Waals surface area contributed by atoms with E-state index in [2.05, 4.69) is 12.2 Å². The maximum absolute atomic E-state index is 12.0. The van der Waals surface area contributed by atoms with Gasteiger partial charge in [0, 0.05) is 12.1 Å². The summed E-state index contributed by atoms with van der Waals surface area (Å²) in [5, 5.41) is 2.94. The third-order valence-corrected chi connectivity index (χ3v) is 3.25. The molecule has 1 aromatic carbocycles. The second-order valence-corrected chi connectivity index (χ2v) is 4.87. The highest BCUT2D eigenvalue weighted by atomic mass is 16.5. The summed E-state index contributed by atoms with van der Waals surface area (Å²) in [5.74, 6) is 0.394. The fourth-order valence-electron chi connectivity index (χ4n) is 2.07. The van der Waals surface area contributed by atoms with Crippen molar-refractivity contribution >= 4 is 5.91 Å². The van der Waals surface area contributed by atoms with Gasteiger partial charge in [0.2, 0.25) is 0 Å². The van der Waals surface area contributed by atoms with Crippen LogP contribution in [-0.4, -0.2) is 19.0 Å². The molecule has 0 bridgehead atoms. The van der Waals surface area contributed by atoms with Crippen molar-refractivity contribution in [2.24, 2.45) is 11.7 Å². The number of benzene rings is 1. The molecule has 1 amide bonds. The van der Waals surface area contributed by atoms with Crippen LogP contribution < -0.4 is 11.1 Å². The molecule has 18 heavy (non-hydrogen) atoms. The van der Waals surface area contributed by atoms with Gasteiger partial charge in [-0.3, -0.25) is 4.79 Å². The molecule has 1 aliphatic heterocycles. The molecule has 0 fully saturated rings. The first-order valence-electron chi connectivity index (χ1n) is 6.38. The summed E-state index contributed by atoms with van der Waals surface area (Å²) in [7, 11) is 0. The molecule has 0 radical (unpaired) electrons. The number of nitrogens with one attached hydrogen (secondary N) is 1. The number of fused-ring (bicyclic) bond motifs is 1. The van der Waals surface area contributed by atoms with Crippen LogP contribution in [0.3, 0.4) is 0 Å². The normalized spacial score (nSPS) is 15.2. The van der Waals surface area contributed by atoms with E-state index in [1.165, 1.54) is 5.56 Å². The predicted octanol–water partition coefficient (Wildman–Crippen LogP) is 1.43. The van der Waals surface area contributed by atoms with Crippen molar-refractivity contribution in [2.45, 2.75) is 26.6 Å². The average molecular weight is 248 g/mol. The first kappa shape index (κ1) is 13.1. The number of amides is 1. The third-order valence-electron chi connectivity index (χ3n) is 3.25. The zero-order valence-corrected chi connectivity index (χ0v) is 10.7. The zero-order chi connectivity index (χ0) is 13.0. The van der Waals surface area contributed by atoms with Crippen molar-refractivity contribution in [2.75, 3.05) is 13.1 Å². The Morgan fingerprint density at radius 3 is 3.00 bits per heavy atom. The Labute approximate surface area is 108 Å². The van der Waals surface area contributed by atoms with E-state index < -0.39 is 0 Å². The molecule has 98 valence electrons. The topological polar surface area (TPSA) is 64.3 Å². The minimum absolute atomic E-state index is 0.0198. The lowest BCUT2D eigenvalue weighted by molar-refractivity contribution is 0.0947. The third kappa shape index (κ3) is 3.09. The Morgan fingerprint density at radius 1 is 1.44 bits per heavy atom. The number of carbonyl (C=O) groups excluding carboxylic acids is 1. The lowest BCUT2D eigenvalue weighted by Crippen LogP contribution is -2.29. The summed E-state index contributed by atoms with van der Waals surface area (Å²) in [6.45, 7) is 4.69. The van der Waals surface area contributed by atoms with E-state index in [1.54, 1.807) is 0 Å². The first-order chi connectivity index (χ1) is 8.70. The van der Waals surface area contributed by atoms with E-state index in [1.807, 2.05) is 18.2 Å². The van der Waals surface area contributed by atoms with E-state index >= 15 is 0 Å². The minimum Gasteiger partial charge on any atom is -0.372 e. The fraction of sp³-hybridized carbons (Fsp3) is 0.500. The van der Waals surface area contributed by atoms with Crippen LogP contribution in [0.1, 0.15) is 34.8 Å². The van der Waals surface area contributed by atoms with E-state index in [-0.39, 0.29) is 5.91 Å². The van der Waals surface area contributed by atoms with Gasteiger partial charge in [0.05, 0.1) is 13.2 Å². The van der Waals surface area contributed by atoms with E-state index in [0.29, 0.717) is 37.8 Å². The van der Waals surface area contributed by atoms with Crippen molar-refractivity contribution < 1.29 is 9.53 Å². The van der Waals surface area contributed by atoms with E-state index in [0.717, 1.165) is 12.0 Å². The Bertz CT molecular complexity index is 432. The number of nitrogens with two attached hydrogens (primary N) is 1. The molecule has 4 nitrogen and oxygen atoms in total. The largest absolute Gasteiger partial charge is 0.372 e. The first-order valence-corrected chi connectivity index (χ1v) is 6.38. The summed E-state index contributed by atoms with van der Waals surface area (Å²) in [6, 6.07) is 5.75. The number of ether oxygens (including phenoxy) is 1. The molecule has 0 spiro atoms. The van der Waals surface area contributed by atoms with Gasteiger partial charge in [0.15, 0.2) is 0 Å². The van der Waals surface area contributed by atoms with Gasteiger partial charge < -0.3 is 15.8 Å². The smallest absolute Gasteiger partial charge is 0.251 e. The van der Waals surface area contributed by atoms with Crippen LogP contribution in [0.2, 0.25) is 0 Å². The van der Waals surface area contributed by atoms with Crippen LogP contribution >= 0.6 is 0 Å². The highest BCUT2D eigenvalue weighted by Gasteiger charge is 2.14. The fourth-order valence-corrected chi connectivity index (χ4v) is 2.07.